The van der Waals surface area contributed by atoms with E-state index in [9.17, 15) is 0 Å². The topological polar surface area (TPSA) is 47.6 Å². The molecule has 0 saturated carbocycles. The molecule has 0 N–H and O–H groups in total. The van der Waals surface area contributed by atoms with Crippen molar-refractivity contribution in [2.75, 3.05) is 0 Å². The number of hydrogen-bond donors (Lipinski definition) is 0. The van der Waals surface area contributed by atoms with Crippen molar-refractivity contribution in [1.82, 2.24) is 5.16 Å². The van der Waals surface area contributed by atoms with Crippen molar-refractivity contribution in [3.63, 3.8) is 0 Å². The Bertz CT molecular complexity index is 530. The lowest BCUT2D eigenvalue weighted by Crippen LogP contribution is -1.89. The zero-order chi connectivity index (χ0) is 14.9. The van der Waals surface area contributed by atoms with Crippen molar-refractivity contribution in [3.05, 3.63) is 42.1 Å². The van der Waals surface area contributed by atoms with Gasteiger partial charge in [0.15, 0.2) is 5.76 Å². The van der Waals surface area contributed by atoms with E-state index >= 15 is 0 Å². The molecule has 0 fully saturated rings. The van der Waals surface area contributed by atoms with Crippen molar-refractivity contribution >= 4 is 6.21 Å². The smallest absolute Gasteiger partial charge is 0.166 e. The van der Waals surface area contributed by atoms with E-state index < -0.39 is 0 Å². The highest BCUT2D eigenvalue weighted by Gasteiger charge is 2.01. The normalized spacial score (nSPS) is 11.4. The summed E-state index contributed by atoms with van der Waals surface area (Å²) < 4.78 is 5.11. The van der Waals surface area contributed by atoms with Crippen LogP contribution in [0.25, 0.3) is 11.3 Å². The number of unbranched alkanes of at least 4 members (excludes halogenated alkanes) is 1. The minimum atomic E-state index is 0.483. The van der Waals surface area contributed by atoms with Crippen molar-refractivity contribution in [1.29, 1.82) is 0 Å². The summed E-state index contributed by atoms with van der Waals surface area (Å²) in [5.74, 6) is 1.52. The van der Waals surface area contributed by atoms with E-state index in [1.54, 1.807) is 6.20 Å². The van der Waals surface area contributed by atoms with E-state index in [1.165, 1.54) is 6.42 Å². The number of aromatic nitrogens is 1. The number of oxime groups is 1. The van der Waals surface area contributed by atoms with Gasteiger partial charge in [0.25, 0.3) is 0 Å². The molecule has 21 heavy (non-hydrogen) atoms. The molecule has 4 nitrogen and oxygen atoms in total. The Labute approximate surface area is 125 Å². The van der Waals surface area contributed by atoms with E-state index in [0.717, 1.165) is 35.6 Å². The predicted molar refractivity (Wildman–Crippen MR) is 83.9 cm³/mol. The summed E-state index contributed by atoms with van der Waals surface area (Å²) in [6.45, 7) is 4.95. The van der Waals surface area contributed by atoms with E-state index in [-0.39, 0.29) is 0 Å². The van der Waals surface area contributed by atoms with E-state index in [4.69, 9.17) is 9.36 Å². The van der Waals surface area contributed by atoms with Gasteiger partial charge in [-0.3, -0.25) is 0 Å². The molecule has 1 aromatic heterocycles. The quantitative estimate of drug-likeness (QED) is 0.402. The van der Waals surface area contributed by atoms with Crippen LogP contribution in [0.2, 0.25) is 0 Å². The van der Waals surface area contributed by atoms with E-state index in [1.807, 2.05) is 36.5 Å². The van der Waals surface area contributed by atoms with Crippen LogP contribution in [0.3, 0.4) is 0 Å². The molecule has 0 saturated heterocycles. The monoisotopic (exact) mass is 286 g/mol. The fraction of sp³-hybridized carbons (Fsp3) is 0.412. The molecular weight excluding hydrogens is 264 g/mol. The largest absolute Gasteiger partial charge is 0.391 e. The second kappa shape index (κ2) is 8.25. The SMILES string of the molecule is CC(C)CCC/C=N/OCc1ccc(-c2ccno2)cc1. The van der Waals surface area contributed by atoms with E-state index in [2.05, 4.69) is 24.2 Å². The van der Waals surface area contributed by atoms with Crippen LogP contribution in [-0.4, -0.2) is 11.4 Å². The Morgan fingerprint density at radius 2 is 2.05 bits per heavy atom. The first-order valence-corrected chi connectivity index (χ1v) is 7.39. The van der Waals surface area contributed by atoms with Crippen molar-refractivity contribution in [2.24, 2.45) is 11.1 Å². The Balaban J connectivity index is 1.70. The van der Waals surface area contributed by atoms with Gasteiger partial charge in [-0.1, -0.05) is 54.8 Å². The first-order chi connectivity index (χ1) is 10.3. The van der Waals surface area contributed by atoms with Crippen molar-refractivity contribution in [3.8, 4) is 11.3 Å². The number of hydrogen-bond acceptors (Lipinski definition) is 4. The molecule has 0 bridgehead atoms. The lowest BCUT2D eigenvalue weighted by Gasteiger charge is -2.02. The fourth-order valence-electron chi connectivity index (χ4n) is 1.96. The van der Waals surface area contributed by atoms with Crippen LogP contribution in [-0.2, 0) is 11.4 Å². The van der Waals surface area contributed by atoms with Gasteiger partial charge in [0.05, 0.1) is 6.20 Å². The Morgan fingerprint density at radius 1 is 1.24 bits per heavy atom. The molecule has 0 amide bonds. The van der Waals surface area contributed by atoms with Crippen LogP contribution in [0, 0.1) is 5.92 Å². The molecular formula is C17H22N2O2. The minimum absolute atomic E-state index is 0.483. The van der Waals surface area contributed by atoms with Gasteiger partial charge in [0, 0.05) is 17.8 Å². The van der Waals surface area contributed by atoms with Gasteiger partial charge in [-0.25, -0.2) is 0 Å². The van der Waals surface area contributed by atoms with Gasteiger partial charge in [0.2, 0.25) is 0 Å². The molecule has 0 aliphatic carbocycles. The first-order valence-electron chi connectivity index (χ1n) is 7.39. The van der Waals surface area contributed by atoms with Gasteiger partial charge in [-0.2, -0.15) is 0 Å². The zero-order valence-corrected chi connectivity index (χ0v) is 12.7. The third-order valence-corrected chi connectivity index (χ3v) is 3.17. The third-order valence-electron chi connectivity index (χ3n) is 3.17. The van der Waals surface area contributed by atoms with E-state index in [0.29, 0.717) is 6.61 Å². The Kier molecular flexibility index (Phi) is 6.00. The molecule has 1 heterocycles. The molecule has 0 atom stereocenters. The first kappa shape index (κ1) is 15.3. The van der Waals surface area contributed by atoms with Crippen LogP contribution in [0.1, 0.15) is 38.7 Å². The molecule has 1 aromatic carbocycles. The van der Waals surface area contributed by atoms with Gasteiger partial charge >= 0.3 is 0 Å². The maximum absolute atomic E-state index is 5.29. The highest BCUT2D eigenvalue weighted by molar-refractivity contribution is 5.57. The third kappa shape index (κ3) is 5.42. The second-order valence-corrected chi connectivity index (χ2v) is 5.46. The molecule has 112 valence electrons. The molecule has 0 radical (unpaired) electrons. The van der Waals surface area contributed by atoms with Gasteiger partial charge < -0.3 is 9.36 Å². The maximum Gasteiger partial charge on any atom is 0.166 e. The zero-order valence-electron chi connectivity index (χ0n) is 12.7. The van der Waals surface area contributed by atoms with Crippen LogP contribution in [0.5, 0.6) is 0 Å². The standard InChI is InChI=1S/C17H22N2O2/c1-14(2)5-3-4-11-18-20-13-15-6-8-16(9-7-15)17-10-12-19-21-17/h6-12,14H,3-5,13H2,1-2H3/b18-11+. The molecule has 0 unspecified atom stereocenters. The molecule has 4 heteroatoms. The van der Waals surface area contributed by atoms with Crippen LogP contribution < -0.4 is 0 Å². The van der Waals surface area contributed by atoms with Crippen molar-refractivity contribution < 1.29 is 9.36 Å². The summed E-state index contributed by atoms with van der Waals surface area (Å²) in [4.78, 5) is 5.29. The lowest BCUT2D eigenvalue weighted by atomic mass is 10.1. The second-order valence-electron chi connectivity index (χ2n) is 5.46. The Hall–Kier alpha value is -2.10. The summed E-state index contributed by atoms with van der Waals surface area (Å²) in [6, 6.07) is 9.84. The number of rotatable bonds is 8. The molecule has 0 aliphatic rings. The molecule has 0 aliphatic heterocycles. The van der Waals surface area contributed by atoms with Gasteiger partial charge in [0.1, 0.15) is 6.61 Å². The average molecular weight is 286 g/mol. The highest BCUT2D eigenvalue weighted by atomic mass is 16.6. The van der Waals surface area contributed by atoms with Gasteiger partial charge in [-0.15, -0.1) is 0 Å². The van der Waals surface area contributed by atoms with Crippen LogP contribution >= 0.6 is 0 Å². The van der Waals surface area contributed by atoms with Crippen LogP contribution in [0.15, 0.2) is 46.2 Å². The molecule has 2 rings (SSSR count). The van der Waals surface area contributed by atoms with Crippen molar-refractivity contribution in [2.45, 2.75) is 39.7 Å². The fourth-order valence-corrected chi connectivity index (χ4v) is 1.96. The minimum Gasteiger partial charge on any atom is -0.391 e. The summed E-state index contributed by atoms with van der Waals surface area (Å²) in [6.07, 6.45) is 6.86. The number of benzene rings is 1. The summed E-state index contributed by atoms with van der Waals surface area (Å²) in [7, 11) is 0. The summed E-state index contributed by atoms with van der Waals surface area (Å²) >= 11 is 0. The predicted octanol–water partition coefficient (Wildman–Crippen LogP) is 4.67. The molecule has 0 spiro atoms. The number of nitrogens with zero attached hydrogens (tertiary/aromatic N) is 2. The maximum atomic E-state index is 5.29. The molecule has 2 aromatic rings. The summed E-state index contributed by atoms with van der Waals surface area (Å²) in [5, 5.41) is 7.68. The summed E-state index contributed by atoms with van der Waals surface area (Å²) in [5.41, 5.74) is 2.09. The lowest BCUT2D eigenvalue weighted by molar-refractivity contribution is 0.131. The van der Waals surface area contributed by atoms with Crippen LogP contribution in [0.4, 0.5) is 0 Å². The highest BCUT2D eigenvalue weighted by Crippen LogP contribution is 2.19. The Morgan fingerprint density at radius 3 is 2.71 bits per heavy atom. The van der Waals surface area contributed by atoms with Gasteiger partial charge in [-0.05, 0) is 24.3 Å². The average Bonchev–Trinajstić information content (AvgIpc) is 3.01.